The maximum Gasteiger partial charge on any atom is 0.312 e. The van der Waals surface area contributed by atoms with E-state index in [9.17, 15) is 9.59 Å². The zero-order chi connectivity index (χ0) is 24.7. The summed E-state index contributed by atoms with van der Waals surface area (Å²) in [4.78, 5) is 24.0. The van der Waals surface area contributed by atoms with Crippen LogP contribution < -0.4 is 0 Å². The molecule has 32 heavy (non-hydrogen) atoms. The van der Waals surface area contributed by atoms with Crippen LogP contribution in [0.1, 0.15) is 114 Å². The van der Waals surface area contributed by atoms with Gasteiger partial charge in [-0.1, -0.05) is 34.6 Å². The topological polar surface area (TPSA) is 76.4 Å². The Labute approximate surface area is 196 Å². The molecular formula is C27H47NO4. The quantitative estimate of drug-likeness (QED) is 0.360. The maximum atomic E-state index is 12.0. The molecule has 2 aliphatic carbocycles. The summed E-state index contributed by atoms with van der Waals surface area (Å²) in [5, 5.41) is 8.97. The van der Waals surface area contributed by atoms with E-state index in [2.05, 4.69) is 26.8 Å². The molecule has 0 aromatic carbocycles. The summed E-state index contributed by atoms with van der Waals surface area (Å²) in [5.74, 6) is 0.963. The highest BCUT2D eigenvalue weighted by atomic mass is 16.6. The maximum absolute atomic E-state index is 12.0. The fraction of sp³-hybridized carbons (Fsp3) is 0.889. The van der Waals surface area contributed by atoms with E-state index in [1.165, 1.54) is 0 Å². The molecule has 4 atom stereocenters. The van der Waals surface area contributed by atoms with Crippen LogP contribution in [0, 0.1) is 39.9 Å². The first-order valence-electron chi connectivity index (χ1n) is 12.7. The molecule has 0 radical (unpaired) electrons. The number of nitrogens with zero attached hydrogens (tertiary/aromatic N) is 1. The van der Waals surface area contributed by atoms with E-state index in [0.29, 0.717) is 11.8 Å². The van der Waals surface area contributed by atoms with Crippen molar-refractivity contribution in [1.82, 2.24) is 0 Å². The highest BCUT2D eigenvalue weighted by Gasteiger charge is 2.48. The fourth-order valence-electron chi connectivity index (χ4n) is 4.41. The minimum atomic E-state index is -0.379. The van der Waals surface area contributed by atoms with Crippen molar-refractivity contribution in [1.29, 1.82) is 5.26 Å². The van der Waals surface area contributed by atoms with Crippen LogP contribution in [0.5, 0.6) is 0 Å². The van der Waals surface area contributed by atoms with Crippen molar-refractivity contribution in [3.63, 3.8) is 0 Å². The Morgan fingerprint density at radius 2 is 1.28 bits per heavy atom. The molecule has 2 saturated carbocycles. The molecule has 2 rings (SSSR count). The summed E-state index contributed by atoms with van der Waals surface area (Å²) in [6.45, 7) is 18.0. The van der Waals surface area contributed by atoms with E-state index in [0.717, 1.165) is 51.4 Å². The second-order valence-corrected chi connectivity index (χ2v) is 11.0. The molecule has 5 heteroatoms. The molecule has 0 heterocycles. The summed E-state index contributed by atoms with van der Waals surface area (Å²) in [5.41, 5.74) is -0.981. The van der Waals surface area contributed by atoms with Crippen molar-refractivity contribution < 1.29 is 19.1 Å². The van der Waals surface area contributed by atoms with Gasteiger partial charge >= 0.3 is 11.9 Å². The van der Waals surface area contributed by atoms with E-state index in [1.807, 2.05) is 41.5 Å². The van der Waals surface area contributed by atoms with Crippen molar-refractivity contribution >= 4 is 11.9 Å². The van der Waals surface area contributed by atoms with Gasteiger partial charge in [0, 0.05) is 5.92 Å². The third-order valence-corrected chi connectivity index (χ3v) is 8.33. The summed E-state index contributed by atoms with van der Waals surface area (Å²) in [7, 11) is 0. The molecule has 184 valence electrons. The largest absolute Gasteiger partial charge is 0.462 e. The van der Waals surface area contributed by atoms with Gasteiger partial charge in [-0.3, -0.25) is 9.59 Å². The van der Waals surface area contributed by atoms with Crippen LogP contribution in [-0.2, 0) is 19.1 Å². The van der Waals surface area contributed by atoms with Crippen LogP contribution in [0.3, 0.4) is 0 Å². The number of esters is 2. The van der Waals surface area contributed by atoms with Gasteiger partial charge in [-0.15, -0.1) is 0 Å². The van der Waals surface area contributed by atoms with Gasteiger partial charge in [0.2, 0.25) is 0 Å². The number of carbonyl (C=O) groups is 2. The first-order valence-corrected chi connectivity index (χ1v) is 12.7. The molecule has 4 unspecified atom stereocenters. The Hall–Kier alpha value is -1.57. The SMILES string of the molecule is CCC(C)(C)C(=O)OC1CC2CC1CC2C#N.CCC(CC)(CC)OC(=O)C(C)(C)CC. The van der Waals surface area contributed by atoms with Gasteiger partial charge < -0.3 is 9.47 Å². The molecule has 0 saturated heterocycles. The fourth-order valence-corrected chi connectivity index (χ4v) is 4.41. The third kappa shape index (κ3) is 6.72. The first kappa shape index (κ1) is 28.5. The summed E-state index contributed by atoms with van der Waals surface area (Å²) < 4.78 is 11.3. The number of carbonyl (C=O) groups excluding carboxylic acids is 2. The van der Waals surface area contributed by atoms with Crippen molar-refractivity contribution in [2.75, 3.05) is 0 Å². The molecule has 0 aliphatic heterocycles. The van der Waals surface area contributed by atoms with Crippen LogP contribution in [0.25, 0.3) is 0 Å². The first-order chi connectivity index (χ1) is 14.8. The number of hydrogen-bond donors (Lipinski definition) is 0. The zero-order valence-corrected chi connectivity index (χ0v) is 22.0. The molecule has 2 aliphatic rings. The number of nitriles is 1. The van der Waals surface area contributed by atoms with Gasteiger partial charge in [-0.25, -0.2) is 0 Å². The molecule has 0 spiro atoms. The average Bonchev–Trinajstić information content (AvgIpc) is 3.37. The molecule has 2 fully saturated rings. The van der Waals surface area contributed by atoms with Crippen molar-refractivity contribution in [2.24, 2.45) is 28.6 Å². The van der Waals surface area contributed by atoms with E-state index in [1.54, 1.807) is 0 Å². The normalized spacial score (nSPS) is 24.9. The van der Waals surface area contributed by atoms with Crippen LogP contribution in [0.4, 0.5) is 0 Å². The second kappa shape index (κ2) is 11.5. The highest BCUT2D eigenvalue weighted by Crippen LogP contribution is 2.49. The van der Waals surface area contributed by atoms with Gasteiger partial charge in [0.05, 0.1) is 16.9 Å². The molecule has 0 amide bonds. The van der Waals surface area contributed by atoms with E-state index in [-0.39, 0.29) is 40.4 Å². The summed E-state index contributed by atoms with van der Waals surface area (Å²) >= 11 is 0. The Morgan fingerprint density at radius 3 is 1.66 bits per heavy atom. The molecule has 0 aromatic heterocycles. The average molecular weight is 450 g/mol. The van der Waals surface area contributed by atoms with Crippen LogP contribution in [-0.4, -0.2) is 23.6 Å². The van der Waals surface area contributed by atoms with E-state index >= 15 is 0 Å². The standard InChI is InChI=1S/C14H21NO2.C13H26O2/c1-4-14(2,3)13(16)17-12-7-9-5-10(12)6-11(9)8-15;1-7-12(5,6)11(14)15-13(8-2,9-3)10-4/h9-12H,4-7H2,1-3H3;7-10H2,1-6H3. The van der Waals surface area contributed by atoms with Gasteiger partial charge in [-0.05, 0) is 90.9 Å². The molecule has 5 nitrogen and oxygen atoms in total. The Kier molecular flexibility index (Phi) is 10.3. The minimum absolute atomic E-state index is 0.0597. The third-order valence-electron chi connectivity index (χ3n) is 8.33. The minimum Gasteiger partial charge on any atom is -0.462 e. The van der Waals surface area contributed by atoms with Crippen molar-refractivity contribution in [2.45, 2.75) is 125 Å². The van der Waals surface area contributed by atoms with E-state index < -0.39 is 0 Å². The van der Waals surface area contributed by atoms with Crippen LogP contribution >= 0.6 is 0 Å². The van der Waals surface area contributed by atoms with Gasteiger partial charge in [0.1, 0.15) is 11.7 Å². The van der Waals surface area contributed by atoms with E-state index in [4.69, 9.17) is 14.7 Å². The number of rotatable bonds is 9. The molecular weight excluding hydrogens is 402 g/mol. The Morgan fingerprint density at radius 1 is 0.781 bits per heavy atom. The number of ether oxygens (including phenoxy) is 2. The molecule has 0 N–H and O–H groups in total. The van der Waals surface area contributed by atoms with Crippen LogP contribution in [0.15, 0.2) is 0 Å². The lowest BCUT2D eigenvalue weighted by atomic mass is 9.87. The lowest BCUT2D eigenvalue weighted by Crippen LogP contribution is -2.38. The molecule has 0 aromatic rings. The predicted molar refractivity (Wildman–Crippen MR) is 128 cm³/mol. The van der Waals surface area contributed by atoms with Crippen molar-refractivity contribution in [3.05, 3.63) is 0 Å². The Balaban J connectivity index is 0.000000324. The lowest BCUT2D eigenvalue weighted by Gasteiger charge is -2.34. The predicted octanol–water partition coefficient (Wildman–Crippen LogP) is 6.84. The zero-order valence-electron chi connectivity index (χ0n) is 22.0. The lowest BCUT2D eigenvalue weighted by molar-refractivity contribution is -0.172. The smallest absolute Gasteiger partial charge is 0.312 e. The van der Waals surface area contributed by atoms with Crippen LogP contribution in [0.2, 0.25) is 0 Å². The molecule has 2 bridgehead atoms. The monoisotopic (exact) mass is 449 g/mol. The summed E-state index contributed by atoms with van der Waals surface area (Å²) in [6, 6.07) is 2.37. The van der Waals surface area contributed by atoms with Gasteiger partial charge in [-0.2, -0.15) is 5.26 Å². The number of hydrogen-bond acceptors (Lipinski definition) is 5. The number of fused-ring (bicyclic) bond motifs is 2. The Bertz CT molecular complexity index is 663. The second-order valence-electron chi connectivity index (χ2n) is 11.0. The highest BCUT2D eigenvalue weighted by molar-refractivity contribution is 5.76. The van der Waals surface area contributed by atoms with Crippen molar-refractivity contribution in [3.8, 4) is 6.07 Å². The summed E-state index contributed by atoms with van der Waals surface area (Å²) in [6.07, 6.45) is 7.26. The van der Waals surface area contributed by atoms with Gasteiger partial charge in [0.15, 0.2) is 0 Å². The van der Waals surface area contributed by atoms with Gasteiger partial charge in [0.25, 0.3) is 0 Å².